The Labute approximate surface area is 126 Å². The molecule has 0 saturated heterocycles. The van der Waals surface area contributed by atoms with Crippen molar-refractivity contribution >= 4 is 11.8 Å². The Morgan fingerprint density at radius 2 is 2.00 bits per heavy atom. The van der Waals surface area contributed by atoms with E-state index in [1.165, 1.54) is 0 Å². The second kappa shape index (κ2) is 6.51. The van der Waals surface area contributed by atoms with E-state index in [0.717, 1.165) is 16.0 Å². The fourth-order valence-corrected chi connectivity index (χ4v) is 2.54. The van der Waals surface area contributed by atoms with Crippen LogP contribution in [0.1, 0.15) is 11.5 Å². The summed E-state index contributed by atoms with van der Waals surface area (Å²) in [6.07, 6.45) is 3.50. The van der Waals surface area contributed by atoms with Crippen molar-refractivity contribution in [2.45, 2.75) is 17.3 Å². The summed E-state index contributed by atoms with van der Waals surface area (Å²) in [5.74, 6) is 1.72. The molecule has 2 heterocycles. The van der Waals surface area contributed by atoms with E-state index in [0.29, 0.717) is 17.5 Å². The molecule has 0 fully saturated rings. The maximum absolute atomic E-state index is 9.15. The fraction of sp³-hybridized carbons (Fsp3) is 0.133. The molecule has 2 aromatic heterocycles. The highest BCUT2D eigenvalue weighted by Gasteiger charge is 2.09. The van der Waals surface area contributed by atoms with Crippen LogP contribution in [0.25, 0.3) is 11.4 Å². The molecular weight excluding hydrogens is 286 g/mol. The van der Waals surface area contributed by atoms with Gasteiger partial charge in [0.05, 0.1) is 12.4 Å². The van der Waals surface area contributed by atoms with Gasteiger partial charge in [-0.15, -0.1) is 11.8 Å². The number of benzene rings is 1. The molecule has 0 aliphatic heterocycles. The number of hydrogen-bond donors (Lipinski definition) is 1. The molecule has 3 aromatic rings. The van der Waals surface area contributed by atoms with Crippen molar-refractivity contribution in [3.05, 3.63) is 60.2 Å². The number of rotatable bonds is 5. The highest BCUT2D eigenvalue weighted by molar-refractivity contribution is 7.98. The zero-order valence-electron chi connectivity index (χ0n) is 11.1. The molecule has 106 valence electrons. The topological polar surface area (TPSA) is 72.0 Å². The Bertz CT molecular complexity index is 716. The molecular formula is C15H13N3O2S. The van der Waals surface area contributed by atoms with Crippen LogP contribution in [0.3, 0.4) is 0 Å². The average Bonchev–Trinajstić information content (AvgIpc) is 3.03. The van der Waals surface area contributed by atoms with Crippen molar-refractivity contribution in [2.24, 2.45) is 0 Å². The van der Waals surface area contributed by atoms with E-state index < -0.39 is 0 Å². The fourth-order valence-electron chi connectivity index (χ4n) is 1.82. The van der Waals surface area contributed by atoms with Crippen LogP contribution in [0.15, 0.2) is 58.2 Å². The van der Waals surface area contributed by atoms with Crippen molar-refractivity contribution in [1.29, 1.82) is 0 Å². The minimum absolute atomic E-state index is 0.00353. The third-order valence-electron chi connectivity index (χ3n) is 2.85. The summed E-state index contributed by atoms with van der Waals surface area (Å²) in [6.45, 7) is -0.00353. The number of aromatic nitrogens is 3. The molecule has 3 rings (SSSR count). The number of nitrogens with zero attached hydrogens (tertiary/aromatic N) is 3. The van der Waals surface area contributed by atoms with Crippen molar-refractivity contribution in [3.8, 4) is 11.4 Å². The lowest BCUT2D eigenvalue weighted by molar-refractivity contribution is 0.282. The van der Waals surface area contributed by atoms with Gasteiger partial charge in [-0.3, -0.25) is 4.98 Å². The number of thioether (sulfide) groups is 1. The number of aliphatic hydroxyl groups excluding tert-OH is 1. The van der Waals surface area contributed by atoms with E-state index in [1.54, 1.807) is 24.2 Å². The second-order valence-electron chi connectivity index (χ2n) is 4.34. The van der Waals surface area contributed by atoms with Crippen LogP contribution in [0.2, 0.25) is 0 Å². The summed E-state index contributed by atoms with van der Waals surface area (Å²) in [7, 11) is 0. The molecule has 0 bridgehead atoms. The van der Waals surface area contributed by atoms with Crippen molar-refractivity contribution < 1.29 is 9.63 Å². The highest BCUT2D eigenvalue weighted by Crippen LogP contribution is 2.23. The number of pyridine rings is 1. The lowest BCUT2D eigenvalue weighted by atomic mass is 10.1. The van der Waals surface area contributed by atoms with Gasteiger partial charge in [0, 0.05) is 22.9 Å². The molecule has 0 unspecified atom stereocenters. The molecule has 0 amide bonds. The van der Waals surface area contributed by atoms with Gasteiger partial charge >= 0.3 is 0 Å². The van der Waals surface area contributed by atoms with Gasteiger partial charge in [-0.05, 0) is 23.8 Å². The van der Waals surface area contributed by atoms with Gasteiger partial charge in [-0.2, -0.15) is 4.98 Å². The molecule has 5 nitrogen and oxygen atoms in total. The Kier molecular flexibility index (Phi) is 4.28. The van der Waals surface area contributed by atoms with Crippen LogP contribution >= 0.6 is 11.8 Å². The van der Waals surface area contributed by atoms with E-state index >= 15 is 0 Å². The molecule has 0 radical (unpaired) electrons. The van der Waals surface area contributed by atoms with Gasteiger partial charge in [-0.25, -0.2) is 0 Å². The molecule has 0 aliphatic carbocycles. The van der Waals surface area contributed by atoms with E-state index in [1.807, 2.05) is 36.4 Å². The van der Waals surface area contributed by atoms with Crippen molar-refractivity contribution in [2.75, 3.05) is 0 Å². The summed E-state index contributed by atoms with van der Waals surface area (Å²) in [5, 5.41) is 13.1. The predicted octanol–water partition coefficient (Wildman–Crippen LogP) is 2.92. The number of hydrogen-bond acceptors (Lipinski definition) is 6. The zero-order valence-corrected chi connectivity index (χ0v) is 12.0. The standard InChI is InChI=1S/C15H13N3O2S/c19-9-11-2-1-3-12(8-11)15-17-14(20-18-15)10-21-13-4-6-16-7-5-13/h1-8,19H,9-10H2. The normalized spacial score (nSPS) is 10.7. The molecule has 21 heavy (non-hydrogen) atoms. The maximum Gasteiger partial charge on any atom is 0.237 e. The Hall–Kier alpha value is -2.18. The van der Waals surface area contributed by atoms with E-state index in [4.69, 9.17) is 9.63 Å². The van der Waals surface area contributed by atoms with Crippen molar-refractivity contribution in [1.82, 2.24) is 15.1 Å². The Balaban J connectivity index is 1.71. The first-order valence-corrected chi connectivity index (χ1v) is 7.39. The van der Waals surface area contributed by atoms with E-state index in [2.05, 4.69) is 15.1 Å². The SMILES string of the molecule is OCc1cccc(-c2noc(CSc3ccncc3)n2)c1. The van der Waals surface area contributed by atoms with Gasteiger partial charge in [0.1, 0.15) is 0 Å². The first-order chi connectivity index (χ1) is 10.3. The lowest BCUT2D eigenvalue weighted by Crippen LogP contribution is -1.86. The van der Waals surface area contributed by atoms with E-state index in [-0.39, 0.29) is 6.61 Å². The van der Waals surface area contributed by atoms with Crippen LogP contribution in [0.5, 0.6) is 0 Å². The van der Waals surface area contributed by atoms with Gasteiger partial charge < -0.3 is 9.63 Å². The van der Waals surface area contributed by atoms with Gasteiger partial charge in [0.25, 0.3) is 0 Å². The third-order valence-corrected chi connectivity index (χ3v) is 3.84. The summed E-state index contributed by atoms with van der Waals surface area (Å²) < 4.78 is 5.25. The lowest BCUT2D eigenvalue weighted by Gasteiger charge is -1.98. The average molecular weight is 299 g/mol. The van der Waals surface area contributed by atoms with Gasteiger partial charge in [0.2, 0.25) is 11.7 Å². The third kappa shape index (κ3) is 3.48. The van der Waals surface area contributed by atoms with Crippen LogP contribution in [0.4, 0.5) is 0 Å². The minimum atomic E-state index is -0.00353. The Morgan fingerprint density at radius 1 is 1.14 bits per heavy atom. The van der Waals surface area contributed by atoms with Crippen LogP contribution in [-0.2, 0) is 12.4 Å². The highest BCUT2D eigenvalue weighted by atomic mass is 32.2. The smallest absolute Gasteiger partial charge is 0.237 e. The first-order valence-electron chi connectivity index (χ1n) is 6.41. The molecule has 6 heteroatoms. The minimum Gasteiger partial charge on any atom is -0.392 e. The molecule has 0 atom stereocenters. The second-order valence-corrected chi connectivity index (χ2v) is 5.39. The van der Waals surface area contributed by atoms with Crippen LogP contribution in [0, 0.1) is 0 Å². The quantitative estimate of drug-likeness (QED) is 0.730. The van der Waals surface area contributed by atoms with E-state index in [9.17, 15) is 0 Å². The van der Waals surface area contributed by atoms with Gasteiger partial charge in [0.15, 0.2) is 0 Å². The molecule has 1 aromatic carbocycles. The molecule has 0 saturated carbocycles. The zero-order chi connectivity index (χ0) is 14.5. The molecule has 0 aliphatic rings. The van der Waals surface area contributed by atoms with Crippen LogP contribution in [-0.4, -0.2) is 20.2 Å². The summed E-state index contributed by atoms with van der Waals surface area (Å²) in [5.41, 5.74) is 1.66. The molecule has 0 spiro atoms. The Morgan fingerprint density at radius 3 is 2.81 bits per heavy atom. The summed E-state index contributed by atoms with van der Waals surface area (Å²) in [6, 6.07) is 11.3. The van der Waals surface area contributed by atoms with Crippen molar-refractivity contribution in [3.63, 3.8) is 0 Å². The van der Waals surface area contributed by atoms with Crippen LogP contribution < -0.4 is 0 Å². The first kappa shape index (κ1) is 13.8. The van der Waals surface area contributed by atoms with Gasteiger partial charge in [-0.1, -0.05) is 23.4 Å². The maximum atomic E-state index is 9.15. The number of aliphatic hydroxyl groups is 1. The monoisotopic (exact) mass is 299 g/mol. The summed E-state index contributed by atoms with van der Waals surface area (Å²) >= 11 is 1.61. The predicted molar refractivity (Wildman–Crippen MR) is 79.5 cm³/mol. The summed E-state index contributed by atoms with van der Waals surface area (Å²) in [4.78, 5) is 9.45. The largest absolute Gasteiger partial charge is 0.392 e. The molecule has 1 N–H and O–H groups in total.